The van der Waals surface area contributed by atoms with Gasteiger partial charge in [0.25, 0.3) is 0 Å². The number of carbonyl (C=O) groups is 2. The first-order valence-corrected chi connectivity index (χ1v) is 9.36. The molecule has 0 aromatic heterocycles. The fraction of sp³-hybridized carbons (Fsp3) is 0.364. The van der Waals surface area contributed by atoms with E-state index in [0.717, 1.165) is 22.4 Å². The van der Waals surface area contributed by atoms with Crippen molar-refractivity contribution in [2.24, 2.45) is 0 Å². The Morgan fingerprint density at radius 2 is 1.79 bits per heavy atom. The molecule has 2 rings (SSSR count). The van der Waals surface area contributed by atoms with Crippen molar-refractivity contribution in [1.82, 2.24) is 10.2 Å². The van der Waals surface area contributed by atoms with Crippen LogP contribution in [0.25, 0.3) is 0 Å². The largest absolute Gasteiger partial charge is 0.354 e. The fourth-order valence-corrected chi connectivity index (χ4v) is 2.77. The van der Waals surface area contributed by atoms with E-state index in [1.54, 1.807) is 31.0 Å². The number of amides is 2. The number of nitrogens with one attached hydrogen (secondary N) is 2. The van der Waals surface area contributed by atoms with Crippen LogP contribution in [0, 0.1) is 19.7 Å². The molecule has 0 bridgehead atoms. The summed E-state index contributed by atoms with van der Waals surface area (Å²) in [5.74, 6) is -0.589. The standard InChI is InChI=1S/C22H28FN3O2/c1-15-6-5-7-20(16(15)2)25-21(27)14-26(4)17(3)22(28)24-13-12-18-8-10-19(23)11-9-18/h5-11,17H,12-14H2,1-4H3,(H,24,28)(H,25,27). The van der Waals surface area contributed by atoms with Crippen molar-refractivity contribution in [2.75, 3.05) is 25.5 Å². The van der Waals surface area contributed by atoms with Gasteiger partial charge in [-0.25, -0.2) is 4.39 Å². The van der Waals surface area contributed by atoms with Crippen LogP contribution < -0.4 is 10.6 Å². The molecule has 1 unspecified atom stereocenters. The second-order valence-corrected chi connectivity index (χ2v) is 7.05. The van der Waals surface area contributed by atoms with Gasteiger partial charge >= 0.3 is 0 Å². The number of rotatable bonds is 8. The highest BCUT2D eigenvalue weighted by Crippen LogP contribution is 2.17. The first-order valence-electron chi connectivity index (χ1n) is 9.36. The van der Waals surface area contributed by atoms with Crippen molar-refractivity contribution in [3.05, 3.63) is 65.0 Å². The SMILES string of the molecule is Cc1cccc(NC(=O)CN(C)C(C)C(=O)NCCc2ccc(F)cc2)c1C. The molecule has 5 nitrogen and oxygen atoms in total. The maximum Gasteiger partial charge on any atom is 0.238 e. The zero-order valence-corrected chi connectivity index (χ0v) is 16.9. The first kappa shape index (κ1) is 21.6. The lowest BCUT2D eigenvalue weighted by atomic mass is 10.1. The van der Waals surface area contributed by atoms with Crippen molar-refractivity contribution in [1.29, 1.82) is 0 Å². The van der Waals surface area contributed by atoms with Gasteiger partial charge < -0.3 is 10.6 Å². The molecular weight excluding hydrogens is 357 g/mol. The highest BCUT2D eigenvalue weighted by molar-refractivity contribution is 5.93. The number of anilines is 1. The number of nitrogens with zero attached hydrogens (tertiary/aromatic N) is 1. The van der Waals surface area contributed by atoms with Gasteiger partial charge in [0.05, 0.1) is 12.6 Å². The zero-order chi connectivity index (χ0) is 20.7. The number of hydrogen-bond donors (Lipinski definition) is 2. The van der Waals surface area contributed by atoms with E-state index >= 15 is 0 Å². The summed E-state index contributed by atoms with van der Waals surface area (Å²) in [6.07, 6.45) is 0.621. The van der Waals surface area contributed by atoms with E-state index in [4.69, 9.17) is 0 Å². The molecule has 6 heteroatoms. The van der Waals surface area contributed by atoms with Gasteiger partial charge in [-0.15, -0.1) is 0 Å². The lowest BCUT2D eigenvalue weighted by Crippen LogP contribution is -2.46. The smallest absolute Gasteiger partial charge is 0.238 e. The van der Waals surface area contributed by atoms with Gasteiger partial charge in [0.1, 0.15) is 5.82 Å². The van der Waals surface area contributed by atoms with E-state index in [1.807, 2.05) is 32.0 Å². The minimum Gasteiger partial charge on any atom is -0.354 e. The minimum atomic E-state index is -0.447. The summed E-state index contributed by atoms with van der Waals surface area (Å²) in [7, 11) is 1.74. The highest BCUT2D eigenvalue weighted by Gasteiger charge is 2.20. The van der Waals surface area contributed by atoms with Gasteiger partial charge in [-0.05, 0) is 69.1 Å². The third kappa shape index (κ3) is 6.16. The van der Waals surface area contributed by atoms with Gasteiger partial charge in [0.15, 0.2) is 0 Å². The third-order valence-corrected chi connectivity index (χ3v) is 4.94. The molecular formula is C22H28FN3O2. The van der Waals surface area contributed by atoms with E-state index in [2.05, 4.69) is 10.6 Å². The van der Waals surface area contributed by atoms with Crippen molar-refractivity contribution in [2.45, 2.75) is 33.2 Å². The quantitative estimate of drug-likeness (QED) is 0.734. The fourth-order valence-electron chi connectivity index (χ4n) is 2.77. The summed E-state index contributed by atoms with van der Waals surface area (Å²) < 4.78 is 12.9. The van der Waals surface area contributed by atoms with Gasteiger partial charge in [-0.3, -0.25) is 14.5 Å². The van der Waals surface area contributed by atoms with Crippen LogP contribution in [-0.4, -0.2) is 42.9 Å². The lowest BCUT2D eigenvalue weighted by molar-refractivity contribution is -0.126. The topological polar surface area (TPSA) is 61.4 Å². The Balaban J connectivity index is 1.79. The summed E-state index contributed by atoms with van der Waals surface area (Å²) in [6, 6.07) is 11.5. The Bertz CT molecular complexity index is 821. The molecule has 2 N–H and O–H groups in total. The molecule has 2 aromatic rings. The molecule has 0 saturated carbocycles. The summed E-state index contributed by atoms with van der Waals surface area (Å²) in [5, 5.41) is 5.76. The lowest BCUT2D eigenvalue weighted by Gasteiger charge is -2.23. The molecule has 0 saturated heterocycles. The van der Waals surface area contributed by atoms with Crippen LogP contribution in [0.1, 0.15) is 23.6 Å². The molecule has 0 fully saturated rings. The van der Waals surface area contributed by atoms with E-state index in [1.165, 1.54) is 12.1 Å². The number of likely N-dealkylation sites (N-methyl/N-ethyl adjacent to an activating group) is 1. The molecule has 150 valence electrons. The molecule has 2 amide bonds. The van der Waals surface area contributed by atoms with Crippen molar-refractivity contribution < 1.29 is 14.0 Å². The molecule has 0 aliphatic carbocycles. The summed E-state index contributed by atoms with van der Waals surface area (Å²) in [6.45, 7) is 6.29. The van der Waals surface area contributed by atoms with Crippen molar-refractivity contribution >= 4 is 17.5 Å². The number of benzene rings is 2. The summed E-state index contributed by atoms with van der Waals surface area (Å²) >= 11 is 0. The summed E-state index contributed by atoms with van der Waals surface area (Å²) in [4.78, 5) is 26.3. The molecule has 1 atom stereocenters. The predicted molar refractivity (Wildman–Crippen MR) is 110 cm³/mol. The Morgan fingerprint density at radius 3 is 2.46 bits per heavy atom. The van der Waals surface area contributed by atoms with Crippen LogP contribution in [0.4, 0.5) is 10.1 Å². The van der Waals surface area contributed by atoms with E-state index in [-0.39, 0.29) is 24.2 Å². The van der Waals surface area contributed by atoms with Gasteiger partial charge in [0.2, 0.25) is 11.8 Å². The van der Waals surface area contributed by atoms with Gasteiger partial charge in [0, 0.05) is 12.2 Å². The molecule has 0 aliphatic heterocycles. The molecule has 0 spiro atoms. The Labute approximate surface area is 165 Å². The number of aryl methyl sites for hydroxylation is 1. The maximum atomic E-state index is 12.9. The Hall–Kier alpha value is -2.73. The van der Waals surface area contributed by atoms with Crippen molar-refractivity contribution in [3.63, 3.8) is 0 Å². The Kier molecular flexibility index (Phi) is 7.70. The molecule has 0 radical (unpaired) electrons. The van der Waals surface area contributed by atoms with E-state index < -0.39 is 6.04 Å². The van der Waals surface area contributed by atoms with Crippen LogP contribution in [0.15, 0.2) is 42.5 Å². The molecule has 2 aromatic carbocycles. The summed E-state index contributed by atoms with van der Waals surface area (Å²) in [5.41, 5.74) is 3.88. The first-order chi connectivity index (χ1) is 13.3. The monoisotopic (exact) mass is 385 g/mol. The van der Waals surface area contributed by atoms with Crippen LogP contribution in [0.5, 0.6) is 0 Å². The minimum absolute atomic E-state index is 0.111. The predicted octanol–water partition coefficient (Wildman–Crippen LogP) is 3.06. The maximum absolute atomic E-state index is 12.9. The van der Waals surface area contributed by atoms with E-state index in [9.17, 15) is 14.0 Å². The van der Waals surface area contributed by atoms with Gasteiger partial charge in [-0.1, -0.05) is 24.3 Å². The average molecular weight is 385 g/mol. The van der Waals surface area contributed by atoms with E-state index in [0.29, 0.717) is 13.0 Å². The Morgan fingerprint density at radius 1 is 1.11 bits per heavy atom. The molecule has 28 heavy (non-hydrogen) atoms. The third-order valence-electron chi connectivity index (χ3n) is 4.94. The number of hydrogen-bond acceptors (Lipinski definition) is 3. The zero-order valence-electron chi connectivity index (χ0n) is 16.9. The second kappa shape index (κ2) is 9.99. The second-order valence-electron chi connectivity index (χ2n) is 7.05. The van der Waals surface area contributed by atoms with Crippen LogP contribution in [0.3, 0.4) is 0 Å². The number of halogens is 1. The highest BCUT2D eigenvalue weighted by atomic mass is 19.1. The van der Waals surface area contributed by atoms with Crippen LogP contribution in [0.2, 0.25) is 0 Å². The molecule has 0 aliphatic rings. The number of carbonyl (C=O) groups excluding carboxylic acids is 2. The van der Waals surface area contributed by atoms with Gasteiger partial charge in [-0.2, -0.15) is 0 Å². The van der Waals surface area contributed by atoms with Crippen LogP contribution in [-0.2, 0) is 16.0 Å². The normalized spacial score (nSPS) is 11.9. The van der Waals surface area contributed by atoms with Crippen LogP contribution >= 0.6 is 0 Å². The van der Waals surface area contributed by atoms with Crippen molar-refractivity contribution in [3.8, 4) is 0 Å². The molecule has 0 heterocycles. The average Bonchev–Trinajstić information content (AvgIpc) is 2.66.